The molecule has 0 radical (unpaired) electrons. The Morgan fingerprint density at radius 1 is 1.23 bits per heavy atom. The van der Waals surface area contributed by atoms with Gasteiger partial charge >= 0.3 is 0 Å². The molecule has 0 aromatic heterocycles. The summed E-state index contributed by atoms with van der Waals surface area (Å²) < 4.78 is 0. The number of hydrogen-bond acceptors (Lipinski definition) is 2. The second-order valence-corrected chi connectivity index (χ2v) is 5.38. The third-order valence-corrected chi connectivity index (χ3v) is 2.76. The van der Waals surface area contributed by atoms with E-state index in [4.69, 9.17) is 0 Å². The normalized spacial score (nSPS) is 22.2. The van der Waals surface area contributed by atoms with E-state index >= 15 is 0 Å². The Hall–Kier alpha value is -0.0800. The smallest absolute Gasteiger partial charge is 0.00966 e. The molecule has 78 valence electrons. The van der Waals surface area contributed by atoms with Gasteiger partial charge in [0.1, 0.15) is 0 Å². The van der Waals surface area contributed by atoms with Gasteiger partial charge in [-0.25, -0.2) is 0 Å². The molecule has 1 saturated heterocycles. The lowest BCUT2D eigenvalue weighted by Crippen LogP contribution is -2.42. The summed E-state index contributed by atoms with van der Waals surface area (Å²) in [6.45, 7) is 10.5. The topological polar surface area (TPSA) is 15.3 Å². The molecule has 1 heterocycles. The molecule has 1 fully saturated rings. The van der Waals surface area contributed by atoms with E-state index in [1.54, 1.807) is 0 Å². The minimum Gasteiger partial charge on any atom is -0.312 e. The molecule has 0 amide bonds. The van der Waals surface area contributed by atoms with Gasteiger partial charge in [0.15, 0.2) is 0 Å². The van der Waals surface area contributed by atoms with Gasteiger partial charge in [0.05, 0.1) is 0 Å². The second kappa shape index (κ2) is 4.43. The molecule has 2 nitrogen and oxygen atoms in total. The molecule has 0 unspecified atom stereocenters. The highest BCUT2D eigenvalue weighted by Crippen LogP contribution is 2.15. The van der Waals surface area contributed by atoms with E-state index in [-0.39, 0.29) is 5.54 Å². The van der Waals surface area contributed by atoms with E-state index in [1.807, 2.05) is 0 Å². The van der Waals surface area contributed by atoms with Crippen LogP contribution < -0.4 is 5.32 Å². The molecule has 0 bridgehead atoms. The summed E-state index contributed by atoms with van der Waals surface area (Å²) in [5.41, 5.74) is 0.281. The van der Waals surface area contributed by atoms with Crippen LogP contribution in [0.25, 0.3) is 0 Å². The van der Waals surface area contributed by atoms with E-state index in [0.29, 0.717) is 0 Å². The van der Waals surface area contributed by atoms with Gasteiger partial charge < -0.3 is 10.2 Å². The molecule has 1 aliphatic heterocycles. The van der Waals surface area contributed by atoms with Crippen LogP contribution in [0, 0.1) is 5.92 Å². The lowest BCUT2D eigenvalue weighted by atomic mass is 9.96. The zero-order valence-electron chi connectivity index (χ0n) is 9.56. The fraction of sp³-hybridized carbons (Fsp3) is 1.00. The first-order valence-electron chi connectivity index (χ1n) is 5.41. The largest absolute Gasteiger partial charge is 0.312 e. The summed E-state index contributed by atoms with van der Waals surface area (Å²) in [6.07, 6.45) is 2.72. The third-order valence-electron chi connectivity index (χ3n) is 2.76. The maximum Gasteiger partial charge on any atom is 0.00966 e. The highest BCUT2D eigenvalue weighted by Gasteiger charge is 2.18. The molecule has 13 heavy (non-hydrogen) atoms. The summed E-state index contributed by atoms with van der Waals surface area (Å²) in [4.78, 5) is 2.42. The van der Waals surface area contributed by atoms with Crippen LogP contribution in [-0.2, 0) is 0 Å². The highest BCUT2D eigenvalue weighted by atomic mass is 15.1. The maximum atomic E-state index is 3.59. The van der Waals surface area contributed by atoms with Gasteiger partial charge in [0, 0.05) is 5.54 Å². The maximum absolute atomic E-state index is 3.59. The highest BCUT2D eigenvalue weighted by molar-refractivity contribution is 4.76. The Bertz CT molecular complexity index is 141. The van der Waals surface area contributed by atoms with Crippen LogP contribution in [0.2, 0.25) is 0 Å². The number of rotatable bonds is 2. The van der Waals surface area contributed by atoms with Crippen molar-refractivity contribution in [3.8, 4) is 0 Å². The third kappa shape index (κ3) is 4.63. The standard InChI is InChI=1S/C11H24N2/c1-11(2,3)12-9-10-5-7-13(4)8-6-10/h10,12H,5-9H2,1-4H3. The van der Waals surface area contributed by atoms with Crippen molar-refractivity contribution >= 4 is 0 Å². The summed E-state index contributed by atoms with van der Waals surface area (Å²) in [7, 11) is 2.22. The molecule has 0 saturated carbocycles. The summed E-state index contributed by atoms with van der Waals surface area (Å²) in [5.74, 6) is 0.899. The van der Waals surface area contributed by atoms with Crippen molar-refractivity contribution in [2.24, 2.45) is 5.92 Å². The lowest BCUT2D eigenvalue weighted by molar-refractivity contribution is 0.207. The Kier molecular flexibility index (Phi) is 3.74. The monoisotopic (exact) mass is 184 g/mol. The van der Waals surface area contributed by atoms with Crippen LogP contribution in [0.1, 0.15) is 33.6 Å². The molecule has 1 aliphatic rings. The van der Waals surface area contributed by atoms with Crippen molar-refractivity contribution in [2.45, 2.75) is 39.2 Å². The fourth-order valence-electron chi connectivity index (χ4n) is 1.72. The van der Waals surface area contributed by atoms with Gasteiger partial charge in [-0.15, -0.1) is 0 Å². The first-order chi connectivity index (χ1) is 5.97. The van der Waals surface area contributed by atoms with Crippen LogP contribution >= 0.6 is 0 Å². The first-order valence-corrected chi connectivity index (χ1v) is 5.41. The molecule has 1 rings (SSSR count). The van der Waals surface area contributed by atoms with Crippen LogP contribution in [-0.4, -0.2) is 37.1 Å². The van der Waals surface area contributed by atoms with Crippen LogP contribution in [0.5, 0.6) is 0 Å². The molecular formula is C11H24N2. The molecular weight excluding hydrogens is 160 g/mol. The quantitative estimate of drug-likeness (QED) is 0.703. The Labute approximate surface area is 82.7 Å². The van der Waals surface area contributed by atoms with E-state index in [1.165, 1.54) is 32.5 Å². The number of nitrogens with one attached hydrogen (secondary N) is 1. The van der Waals surface area contributed by atoms with Gasteiger partial charge in [-0.3, -0.25) is 0 Å². The van der Waals surface area contributed by atoms with Crippen LogP contribution in [0.4, 0.5) is 0 Å². The Morgan fingerprint density at radius 2 is 1.77 bits per heavy atom. The van der Waals surface area contributed by atoms with Gasteiger partial charge in [-0.05, 0) is 66.2 Å². The summed E-state index contributed by atoms with van der Waals surface area (Å²) in [6, 6.07) is 0. The van der Waals surface area contributed by atoms with Gasteiger partial charge in [-0.2, -0.15) is 0 Å². The molecule has 0 aromatic rings. The second-order valence-electron chi connectivity index (χ2n) is 5.38. The van der Waals surface area contributed by atoms with Gasteiger partial charge in [0.2, 0.25) is 0 Å². The van der Waals surface area contributed by atoms with Crippen molar-refractivity contribution in [3.63, 3.8) is 0 Å². The Balaban J connectivity index is 2.16. The van der Waals surface area contributed by atoms with Crippen molar-refractivity contribution < 1.29 is 0 Å². The molecule has 1 N–H and O–H groups in total. The number of piperidine rings is 1. The lowest BCUT2D eigenvalue weighted by Gasteiger charge is -2.31. The SMILES string of the molecule is CN1CCC(CNC(C)(C)C)CC1. The Morgan fingerprint density at radius 3 is 2.23 bits per heavy atom. The van der Waals surface area contributed by atoms with E-state index in [9.17, 15) is 0 Å². The average molecular weight is 184 g/mol. The number of hydrogen-bond donors (Lipinski definition) is 1. The zero-order chi connectivity index (χ0) is 9.90. The molecule has 0 atom stereocenters. The van der Waals surface area contributed by atoms with Gasteiger partial charge in [-0.1, -0.05) is 0 Å². The number of nitrogens with zero attached hydrogens (tertiary/aromatic N) is 1. The molecule has 0 aliphatic carbocycles. The van der Waals surface area contributed by atoms with Crippen LogP contribution in [0.15, 0.2) is 0 Å². The average Bonchev–Trinajstić information content (AvgIpc) is 2.02. The van der Waals surface area contributed by atoms with Crippen molar-refractivity contribution in [2.75, 3.05) is 26.7 Å². The van der Waals surface area contributed by atoms with Crippen LogP contribution in [0.3, 0.4) is 0 Å². The molecule has 0 spiro atoms. The molecule has 0 aromatic carbocycles. The minimum absolute atomic E-state index is 0.281. The summed E-state index contributed by atoms with van der Waals surface area (Å²) >= 11 is 0. The van der Waals surface area contributed by atoms with E-state index in [2.05, 4.69) is 38.0 Å². The van der Waals surface area contributed by atoms with Crippen molar-refractivity contribution in [1.29, 1.82) is 0 Å². The van der Waals surface area contributed by atoms with E-state index in [0.717, 1.165) is 5.92 Å². The fourth-order valence-corrected chi connectivity index (χ4v) is 1.72. The van der Waals surface area contributed by atoms with Crippen molar-refractivity contribution in [3.05, 3.63) is 0 Å². The predicted octanol–water partition coefficient (Wildman–Crippen LogP) is 1.72. The van der Waals surface area contributed by atoms with Crippen molar-refractivity contribution in [1.82, 2.24) is 10.2 Å². The number of likely N-dealkylation sites (tertiary alicyclic amines) is 1. The first kappa shape index (κ1) is 11.0. The predicted molar refractivity (Wildman–Crippen MR) is 58.0 cm³/mol. The summed E-state index contributed by atoms with van der Waals surface area (Å²) in [5, 5.41) is 3.59. The minimum atomic E-state index is 0.281. The van der Waals surface area contributed by atoms with Gasteiger partial charge in [0.25, 0.3) is 0 Å². The van der Waals surface area contributed by atoms with E-state index < -0.39 is 0 Å². The molecule has 2 heteroatoms. The zero-order valence-corrected chi connectivity index (χ0v) is 9.56.